The third kappa shape index (κ3) is 7.96. The van der Waals surface area contributed by atoms with Crippen LogP contribution in [-0.2, 0) is 23.3 Å². The molecule has 1 unspecified atom stereocenters. The van der Waals surface area contributed by atoms with Gasteiger partial charge in [0, 0.05) is 25.2 Å². The number of carbonyl (C=O) groups excluding carboxylic acids is 1. The second-order valence-corrected chi connectivity index (χ2v) is 11.9. The highest BCUT2D eigenvalue weighted by Gasteiger charge is 2.39. The van der Waals surface area contributed by atoms with E-state index >= 15 is 0 Å². The minimum Gasteiger partial charge on any atom is -0.496 e. The molecular formula is C29H38FIN6O6S2. The Hall–Kier alpha value is -2.80. The van der Waals surface area contributed by atoms with Gasteiger partial charge in [-0.2, -0.15) is 10.2 Å². The molecule has 0 radical (unpaired) electrons. The molecule has 4 heterocycles. The van der Waals surface area contributed by atoms with Crippen molar-refractivity contribution < 1.29 is 24.1 Å². The number of nitrogens with zero attached hydrogens (tertiary/aromatic N) is 6. The van der Waals surface area contributed by atoms with Gasteiger partial charge in [0.1, 0.15) is 26.9 Å². The van der Waals surface area contributed by atoms with Crippen LogP contribution in [0.4, 0.5) is 4.39 Å². The molecule has 1 saturated heterocycles. The predicted octanol–water partition coefficient (Wildman–Crippen LogP) is 3.49. The highest BCUT2D eigenvalue weighted by molar-refractivity contribution is 14.2. The molecule has 1 aromatic carbocycles. The number of rotatable bonds is 8. The van der Waals surface area contributed by atoms with E-state index < -0.39 is 28.7 Å². The number of halogens is 2. The fourth-order valence-electron chi connectivity index (χ4n) is 5.11. The van der Waals surface area contributed by atoms with Crippen LogP contribution in [0, 0.1) is 12.7 Å². The standard InChI is InChI=1S/C26H29FN6O4S.C3H8O2.HIS/c1-16-20-21(34)32(26(2,3)24(35)30-12-5-6-13-30)25(36)31(23(20)38-22(16)33-28-10-11-29-33)14-9-17-15-18(27)7-8-19(17)37-4;1-3(5)2-4;1-2/h7-8,10-11,15H,5-6,9,12-14H2,1-4H3;3-5H,2H2,1H3;2H. The summed E-state index contributed by atoms with van der Waals surface area (Å²) < 4.78 is 22.0. The number of ether oxygens (including phenoxy) is 1. The van der Waals surface area contributed by atoms with E-state index in [0.29, 0.717) is 45.2 Å². The molecule has 1 fully saturated rings. The fraction of sp³-hybridized carbons (Fsp3) is 0.483. The maximum absolute atomic E-state index is 14.0. The molecule has 1 aliphatic rings. The average molecular weight is 777 g/mol. The van der Waals surface area contributed by atoms with Crippen LogP contribution in [0.3, 0.4) is 0 Å². The number of aromatic nitrogens is 5. The molecular weight excluding hydrogens is 738 g/mol. The van der Waals surface area contributed by atoms with Crippen molar-refractivity contribution in [2.45, 2.75) is 65.1 Å². The van der Waals surface area contributed by atoms with Gasteiger partial charge >= 0.3 is 5.69 Å². The molecule has 1 atom stereocenters. The number of hydrogen-bond donors (Lipinski definition) is 3. The van der Waals surface area contributed by atoms with Crippen LogP contribution < -0.4 is 16.0 Å². The van der Waals surface area contributed by atoms with Crippen LogP contribution >= 0.6 is 42.3 Å². The number of hydrogen-bond acceptors (Lipinski definition) is 10. The first-order valence-electron chi connectivity index (χ1n) is 14.2. The summed E-state index contributed by atoms with van der Waals surface area (Å²) in [5.41, 5.74) is -1.35. The third-order valence-corrected chi connectivity index (χ3v) is 8.66. The molecule has 1 amide bonds. The summed E-state index contributed by atoms with van der Waals surface area (Å²) >= 11 is 3.07. The quantitative estimate of drug-likeness (QED) is 0.182. The van der Waals surface area contributed by atoms with Gasteiger partial charge in [0.15, 0.2) is 0 Å². The lowest BCUT2D eigenvalue weighted by molar-refractivity contribution is -0.138. The first kappa shape index (κ1) is 36.7. The zero-order valence-electron chi connectivity index (χ0n) is 25.7. The number of aryl methyl sites for hydroxylation is 3. The van der Waals surface area contributed by atoms with Crippen molar-refractivity contribution >= 4 is 58.5 Å². The average Bonchev–Trinajstić information content (AvgIpc) is 3.80. The van der Waals surface area contributed by atoms with Crippen LogP contribution in [-0.4, -0.2) is 78.1 Å². The number of aliphatic hydroxyl groups is 2. The molecule has 2 N–H and O–H groups in total. The van der Waals surface area contributed by atoms with Crippen LogP contribution in [0.25, 0.3) is 15.2 Å². The molecule has 0 saturated carbocycles. The molecule has 0 spiro atoms. The zero-order chi connectivity index (χ0) is 33.5. The van der Waals surface area contributed by atoms with Gasteiger partial charge in [0.25, 0.3) is 5.56 Å². The Morgan fingerprint density at radius 1 is 1.20 bits per heavy atom. The molecule has 3 aromatic heterocycles. The summed E-state index contributed by atoms with van der Waals surface area (Å²) in [5, 5.41) is 25.3. The van der Waals surface area contributed by atoms with Crippen LogP contribution in [0.5, 0.6) is 5.75 Å². The lowest BCUT2D eigenvalue weighted by Crippen LogP contribution is -2.56. The van der Waals surface area contributed by atoms with Gasteiger partial charge in [-0.3, -0.25) is 14.2 Å². The number of likely N-dealkylation sites (tertiary alicyclic amines) is 1. The van der Waals surface area contributed by atoms with Gasteiger partial charge in [0.2, 0.25) is 5.91 Å². The largest absolute Gasteiger partial charge is 0.496 e. The molecule has 16 heteroatoms. The van der Waals surface area contributed by atoms with Gasteiger partial charge in [-0.1, -0.05) is 11.3 Å². The molecule has 0 bridgehead atoms. The van der Waals surface area contributed by atoms with Gasteiger partial charge in [-0.25, -0.2) is 13.8 Å². The van der Waals surface area contributed by atoms with Crippen molar-refractivity contribution in [1.29, 1.82) is 0 Å². The molecule has 4 aromatic rings. The number of fused-ring (bicyclic) bond motifs is 1. The predicted molar refractivity (Wildman–Crippen MR) is 184 cm³/mol. The minimum absolute atomic E-state index is 0.134. The van der Waals surface area contributed by atoms with E-state index in [-0.39, 0.29) is 25.5 Å². The summed E-state index contributed by atoms with van der Waals surface area (Å²) in [5.74, 6) is -0.189. The maximum atomic E-state index is 14.0. The van der Waals surface area contributed by atoms with Crippen LogP contribution in [0.15, 0.2) is 40.2 Å². The number of amides is 1. The van der Waals surface area contributed by atoms with Crippen molar-refractivity contribution in [3.05, 3.63) is 68.4 Å². The molecule has 12 nitrogen and oxygen atoms in total. The Bertz CT molecular complexity index is 1710. The minimum atomic E-state index is -1.41. The van der Waals surface area contributed by atoms with E-state index in [1.165, 1.54) is 59.3 Å². The van der Waals surface area contributed by atoms with E-state index in [2.05, 4.69) is 20.0 Å². The van der Waals surface area contributed by atoms with Gasteiger partial charge in [0.05, 0.1) is 37.6 Å². The second kappa shape index (κ2) is 16.2. The molecule has 0 aliphatic carbocycles. The van der Waals surface area contributed by atoms with Crippen molar-refractivity contribution in [3.63, 3.8) is 0 Å². The Balaban J connectivity index is 0.000000719. The second-order valence-electron chi connectivity index (χ2n) is 10.9. The number of methoxy groups -OCH3 is 1. The van der Waals surface area contributed by atoms with Crippen molar-refractivity contribution in [1.82, 2.24) is 29.0 Å². The third-order valence-electron chi connectivity index (χ3n) is 7.37. The normalized spacial score (nSPS) is 13.6. The van der Waals surface area contributed by atoms with Crippen molar-refractivity contribution in [2.24, 2.45) is 0 Å². The first-order chi connectivity index (χ1) is 21.4. The number of aliphatic hydroxyl groups excluding tert-OH is 2. The number of thiol groups is 1. The molecule has 246 valence electrons. The summed E-state index contributed by atoms with van der Waals surface area (Å²) in [6.45, 7) is 7.72. The van der Waals surface area contributed by atoms with E-state index in [1.54, 1.807) is 31.7 Å². The van der Waals surface area contributed by atoms with Gasteiger partial charge < -0.3 is 19.8 Å². The topological polar surface area (TPSA) is 145 Å². The van der Waals surface area contributed by atoms with Gasteiger partial charge in [-0.05, 0) is 91.9 Å². The van der Waals surface area contributed by atoms with E-state index in [0.717, 1.165) is 17.4 Å². The van der Waals surface area contributed by atoms with E-state index in [1.807, 2.05) is 21.2 Å². The zero-order valence-corrected chi connectivity index (χ0v) is 29.6. The lowest BCUT2D eigenvalue weighted by atomic mass is 10.0. The summed E-state index contributed by atoms with van der Waals surface area (Å²) in [6.07, 6.45) is 4.54. The van der Waals surface area contributed by atoms with E-state index in [9.17, 15) is 18.8 Å². The van der Waals surface area contributed by atoms with Crippen molar-refractivity contribution in [2.75, 3.05) is 26.8 Å². The number of carbonyl (C=O) groups is 1. The van der Waals surface area contributed by atoms with E-state index in [4.69, 9.17) is 14.9 Å². The Labute approximate surface area is 281 Å². The summed E-state index contributed by atoms with van der Waals surface area (Å²) in [6, 6.07) is 4.22. The van der Waals surface area contributed by atoms with Gasteiger partial charge in [-0.15, -0.1) is 14.6 Å². The maximum Gasteiger partial charge on any atom is 0.333 e. The van der Waals surface area contributed by atoms with Crippen LogP contribution in [0.1, 0.15) is 44.7 Å². The highest BCUT2D eigenvalue weighted by atomic mass is 127. The lowest BCUT2D eigenvalue weighted by Gasteiger charge is -2.31. The SMILES string of the molecule is CC(O)CO.COc1ccc(F)cc1CCn1c(=O)n(C(C)(C)C(=O)N2CCCC2)c(=O)c2c(C)c(-n3nccn3)sc21.SI. The molecule has 45 heavy (non-hydrogen) atoms. The van der Waals surface area contributed by atoms with Crippen LogP contribution in [0.2, 0.25) is 0 Å². The monoisotopic (exact) mass is 776 g/mol. The molecule has 1 aliphatic heterocycles. The highest BCUT2D eigenvalue weighted by Crippen LogP contribution is 2.31. The van der Waals surface area contributed by atoms with Crippen molar-refractivity contribution in [3.8, 4) is 10.8 Å². The Kier molecular flexibility index (Phi) is 13.2. The Morgan fingerprint density at radius 3 is 2.36 bits per heavy atom. The molecule has 5 rings (SSSR count). The Morgan fingerprint density at radius 2 is 1.80 bits per heavy atom. The summed E-state index contributed by atoms with van der Waals surface area (Å²) in [7, 11) is 5.00. The smallest absolute Gasteiger partial charge is 0.333 e. The fourth-order valence-corrected chi connectivity index (χ4v) is 6.35. The summed E-state index contributed by atoms with van der Waals surface area (Å²) in [4.78, 5) is 45.1. The number of thiophene rings is 1. The first-order valence-corrected chi connectivity index (χ1v) is 18.2. The number of benzene rings is 1.